The highest BCUT2D eigenvalue weighted by atomic mass is 16.1. The molecule has 1 aromatic heterocycles. The van der Waals surface area contributed by atoms with Crippen LogP contribution in [-0.4, -0.2) is 16.5 Å². The minimum atomic E-state index is -0.0753. The summed E-state index contributed by atoms with van der Waals surface area (Å²) in [6, 6.07) is 1.84. The van der Waals surface area contributed by atoms with Gasteiger partial charge in [0, 0.05) is 12.1 Å². The Hall–Kier alpha value is -1.16. The topological polar surface area (TPSA) is 57.8 Å². The van der Waals surface area contributed by atoms with E-state index in [0.29, 0.717) is 0 Å². The van der Waals surface area contributed by atoms with E-state index in [4.69, 9.17) is 0 Å². The van der Waals surface area contributed by atoms with E-state index in [0.717, 1.165) is 18.7 Å². The second-order valence-electron chi connectivity index (χ2n) is 2.98. The van der Waals surface area contributed by atoms with Crippen LogP contribution >= 0.6 is 0 Å². The van der Waals surface area contributed by atoms with Crippen LogP contribution in [0, 0.1) is 0 Å². The van der Waals surface area contributed by atoms with Crippen molar-refractivity contribution in [2.24, 2.45) is 0 Å². The fourth-order valence-corrected chi connectivity index (χ4v) is 1.51. The Bertz CT molecular complexity index is 314. The fraction of sp³-hybridized carbons (Fsp3) is 0.500. The number of rotatable bonds is 1. The van der Waals surface area contributed by atoms with Crippen LogP contribution < -0.4 is 10.9 Å². The molecule has 1 aliphatic heterocycles. The van der Waals surface area contributed by atoms with Crippen LogP contribution in [0.5, 0.6) is 0 Å². The van der Waals surface area contributed by atoms with Gasteiger partial charge in [-0.3, -0.25) is 4.79 Å². The van der Waals surface area contributed by atoms with E-state index < -0.39 is 0 Å². The molecule has 4 nitrogen and oxygen atoms in total. The Balaban J connectivity index is 2.27. The molecule has 0 spiro atoms. The molecule has 0 saturated carbocycles. The summed E-state index contributed by atoms with van der Waals surface area (Å²) in [6.45, 7) is 1.03. The van der Waals surface area contributed by atoms with E-state index >= 15 is 0 Å². The normalized spacial score (nSPS) is 22.8. The molecule has 1 atom stereocenters. The summed E-state index contributed by atoms with van der Waals surface area (Å²) in [5.41, 5.74) is 0.782. The van der Waals surface area contributed by atoms with Gasteiger partial charge in [-0.15, -0.1) is 0 Å². The van der Waals surface area contributed by atoms with Crippen LogP contribution in [0.25, 0.3) is 0 Å². The number of H-pyrrole nitrogens is 1. The number of nitrogens with one attached hydrogen (secondary N) is 2. The van der Waals surface area contributed by atoms with E-state index in [1.165, 1.54) is 12.7 Å². The predicted octanol–water partition coefficient (Wildman–Crippen LogP) is 0.194. The Morgan fingerprint density at radius 1 is 1.58 bits per heavy atom. The molecule has 64 valence electrons. The molecular formula is C8H11N3O. The van der Waals surface area contributed by atoms with Gasteiger partial charge in [-0.2, -0.15) is 0 Å². The van der Waals surface area contributed by atoms with E-state index in [1.54, 1.807) is 6.07 Å². The summed E-state index contributed by atoms with van der Waals surface area (Å²) in [6.07, 6.45) is 3.70. The Labute approximate surface area is 70.0 Å². The molecular weight excluding hydrogens is 154 g/mol. The van der Waals surface area contributed by atoms with Gasteiger partial charge in [0.1, 0.15) is 0 Å². The number of aromatic nitrogens is 2. The van der Waals surface area contributed by atoms with E-state index in [2.05, 4.69) is 15.3 Å². The first-order chi connectivity index (χ1) is 5.86. The highest BCUT2D eigenvalue weighted by molar-refractivity contribution is 5.06. The number of nitrogens with zero attached hydrogens (tertiary/aromatic N) is 1. The lowest BCUT2D eigenvalue weighted by molar-refractivity contribution is 0.624. The number of aromatic amines is 1. The molecule has 2 heterocycles. The second-order valence-corrected chi connectivity index (χ2v) is 2.98. The van der Waals surface area contributed by atoms with Gasteiger partial charge in [0.15, 0.2) is 0 Å². The van der Waals surface area contributed by atoms with Gasteiger partial charge >= 0.3 is 0 Å². The Morgan fingerprint density at radius 3 is 3.17 bits per heavy atom. The van der Waals surface area contributed by atoms with Crippen molar-refractivity contribution < 1.29 is 0 Å². The molecule has 1 saturated heterocycles. The quantitative estimate of drug-likeness (QED) is 0.624. The first-order valence-electron chi connectivity index (χ1n) is 4.14. The van der Waals surface area contributed by atoms with Gasteiger partial charge in [-0.1, -0.05) is 0 Å². The maximum absolute atomic E-state index is 10.9. The van der Waals surface area contributed by atoms with Crippen LogP contribution in [-0.2, 0) is 0 Å². The van der Waals surface area contributed by atoms with Crippen molar-refractivity contribution in [1.29, 1.82) is 0 Å². The molecule has 2 rings (SSSR count). The largest absolute Gasteiger partial charge is 0.313 e. The lowest BCUT2D eigenvalue weighted by atomic mass is 10.1. The summed E-state index contributed by atoms with van der Waals surface area (Å²) in [5.74, 6) is 0. The van der Waals surface area contributed by atoms with E-state index in [9.17, 15) is 4.79 Å². The molecule has 0 aliphatic carbocycles. The van der Waals surface area contributed by atoms with Gasteiger partial charge in [0.05, 0.1) is 12.0 Å². The molecule has 12 heavy (non-hydrogen) atoms. The standard InChI is InChI=1S/C8H11N3O/c12-8-4-7(10-5-11-8)6-2-1-3-9-6/h4-6,9H,1-3H2,(H,10,11,12). The van der Waals surface area contributed by atoms with Crippen molar-refractivity contribution in [3.63, 3.8) is 0 Å². The number of hydrogen-bond acceptors (Lipinski definition) is 3. The smallest absolute Gasteiger partial charge is 0.250 e. The minimum absolute atomic E-state index is 0.0753. The Morgan fingerprint density at radius 2 is 2.50 bits per heavy atom. The summed E-state index contributed by atoms with van der Waals surface area (Å²) in [4.78, 5) is 17.5. The van der Waals surface area contributed by atoms with E-state index in [1.807, 2.05) is 0 Å². The van der Waals surface area contributed by atoms with Crippen LogP contribution in [0.15, 0.2) is 17.2 Å². The first kappa shape index (κ1) is 7.49. The summed E-state index contributed by atoms with van der Waals surface area (Å²) in [7, 11) is 0. The van der Waals surface area contributed by atoms with Gasteiger partial charge in [-0.05, 0) is 19.4 Å². The molecule has 2 N–H and O–H groups in total. The lowest BCUT2D eigenvalue weighted by Crippen LogP contribution is -2.17. The van der Waals surface area contributed by atoms with Gasteiger partial charge in [-0.25, -0.2) is 4.98 Å². The predicted molar refractivity (Wildman–Crippen MR) is 44.8 cm³/mol. The summed E-state index contributed by atoms with van der Waals surface area (Å²) < 4.78 is 0. The van der Waals surface area contributed by atoms with Crippen molar-refractivity contribution in [3.05, 3.63) is 28.4 Å². The SMILES string of the molecule is O=c1cc(C2CCCN2)nc[nH]1. The van der Waals surface area contributed by atoms with Crippen LogP contribution in [0.4, 0.5) is 0 Å². The van der Waals surface area contributed by atoms with Crippen LogP contribution in [0.1, 0.15) is 24.6 Å². The zero-order valence-electron chi connectivity index (χ0n) is 6.71. The van der Waals surface area contributed by atoms with Crippen molar-refractivity contribution in [2.75, 3.05) is 6.54 Å². The minimum Gasteiger partial charge on any atom is -0.313 e. The third-order valence-corrected chi connectivity index (χ3v) is 2.12. The summed E-state index contributed by atoms with van der Waals surface area (Å²) >= 11 is 0. The van der Waals surface area contributed by atoms with Crippen molar-refractivity contribution in [1.82, 2.24) is 15.3 Å². The van der Waals surface area contributed by atoms with Gasteiger partial charge < -0.3 is 10.3 Å². The molecule has 0 bridgehead atoms. The average molecular weight is 165 g/mol. The zero-order valence-corrected chi connectivity index (χ0v) is 6.71. The number of hydrogen-bond donors (Lipinski definition) is 2. The molecule has 4 heteroatoms. The monoisotopic (exact) mass is 165 g/mol. The molecule has 0 amide bonds. The molecule has 0 radical (unpaired) electrons. The lowest BCUT2D eigenvalue weighted by Gasteiger charge is -2.07. The first-order valence-corrected chi connectivity index (χ1v) is 4.14. The Kier molecular flexibility index (Phi) is 1.91. The maximum Gasteiger partial charge on any atom is 0.250 e. The van der Waals surface area contributed by atoms with Crippen LogP contribution in [0.2, 0.25) is 0 Å². The molecule has 0 aromatic carbocycles. The second kappa shape index (κ2) is 3.06. The van der Waals surface area contributed by atoms with Crippen LogP contribution in [0.3, 0.4) is 0 Å². The average Bonchev–Trinajstić information content (AvgIpc) is 2.56. The summed E-state index contributed by atoms with van der Waals surface area (Å²) in [5, 5.41) is 3.28. The fourth-order valence-electron chi connectivity index (χ4n) is 1.51. The van der Waals surface area contributed by atoms with Crippen molar-refractivity contribution >= 4 is 0 Å². The van der Waals surface area contributed by atoms with Crippen molar-refractivity contribution in [2.45, 2.75) is 18.9 Å². The third kappa shape index (κ3) is 1.38. The third-order valence-electron chi connectivity index (χ3n) is 2.12. The maximum atomic E-state index is 10.9. The van der Waals surface area contributed by atoms with Gasteiger partial charge in [0.2, 0.25) is 0 Å². The van der Waals surface area contributed by atoms with Gasteiger partial charge in [0.25, 0.3) is 5.56 Å². The highest BCUT2D eigenvalue weighted by Gasteiger charge is 2.16. The highest BCUT2D eigenvalue weighted by Crippen LogP contribution is 2.19. The molecule has 1 aliphatic rings. The molecule has 1 fully saturated rings. The molecule has 1 unspecified atom stereocenters. The zero-order chi connectivity index (χ0) is 8.39. The molecule has 1 aromatic rings. The van der Waals surface area contributed by atoms with Crippen molar-refractivity contribution in [3.8, 4) is 0 Å². The van der Waals surface area contributed by atoms with E-state index in [-0.39, 0.29) is 11.6 Å².